The molecule has 188 valence electrons. The highest BCUT2D eigenvalue weighted by molar-refractivity contribution is 7.99. The highest BCUT2D eigenvalue weighted by Gasteiger charge is 2.42. The summed E-state index contributed by atoms with van der Waals surface area (Å²) in [5, 5.41) is 2.63. The molecule has 0 spiro atoms. The van der Waals surface area contributed by atoms with E-state index in [-0.39, 0.29) is 35.0 Å². The van der Waals surface area contributed by atoms with Crippen LogP contribution in [-0.2, 0) is 16.8 Å². The van der Waals surface area contributed by atoms with E-state index in [2.05, 4.69) is 38.2 Å². The van der Waals surface area contributed by atoms with Crippen molar-refractivity contribution in [2.45, 2.75) is 44.1 Å². The maximum absolute atomic E-state index is 13.7. The quantitative estimate of drug-likeness (QED) is 0.466. The molecule has 0 aliphatic carbocycles. The van der Waals surface area contributed by atoms with Crippen LogP contribution in [0.5, 0.6) is 5.75 Å². The van der Waals surface area contributed by atoms with Crippen LogP contribution in [0.15, 0.2) is 72.8 Å². The molecule has 3 aromatic carbocycles. The van der Waals surface area contributed by atoms with E-state index in [0.717, 1.165) is 11.1 Å². The summed E-state index contributed by atoms with van der Waals surface area (Å²) in [6, 6.07) is 20.6. The lowest BCUT2D eigenvalue weighted by molar-refractivity contribution is -0.125. The fourth-order valence-corrected chi connectivity index (χ4v) is 5.58. The van der Waals surface area contributed by atoms with E-state index in [1.54, 1.807) is 60.2 Å². The predicted molar refractivity (Wildman–Crippen MR) is 142 cm³/mol. The van der Waals surface area contributed by atoms with Gasteiger partial charge in [-0.3, -0.25) is 9.59 Å². The first kappa shape index (κ1) is 25.8. The lowest BCUT2D eigenvalue weighted by Crippen LogP contribution is -2.47. The van der Waals surface area contributed by atoms with Gasteiger partial charge in [-0.15, -0.1) is 11.8 Å². The number of benzene rings is 3. The van der Waals surface area contributed by atoms with Gasteiger partial charge in [0.15, 0.2) is 0 Å². The fourth-order valence-electron chi connectivity index (χ4n) is 4.15. The molecule has 1 heterocycles. The molecular formula is C29H31FN2O3S. The van der Waals surface area contributed by atoms with Crippen LogP contribution in [-0.4, -0.2) is 35.6 Å². The molecule has 2 unspecified atom stereocenters. The van der Waals surface area contributed by atoms with Gasteiger partial charge < -0.3 is 15.0 Å². The van der Waals surface area contributed by atoms with E-state index >= 15 is 0 Å². The molecule has 0 radical (unpaired) electrons. The SMILES string of the molecule is COc1ccc(C(=O)N2C(C(=O)NCc3ccc(F)cc3)CSC2c2ccc(C(C)(C)C)cc2)cc1. The van der Waals surface area contributed by atoms with Gasteiger partial charge in [-0.25, -0.2) is 4.39 Å². The molecule has 2 amide bonds. The number of hydrogen-bond donors (Lipinski definition) is 1. The lowest BCUT2D eigenvalue weighted by Gasteiger charge is -2.30. The van der Waals surface area contributed by atoms with E-state index in [1.165, 1.54) is 17.7 Å². The van der Waals surface area contributed by atoms with Gasteiger partial charge in [-0.1, -0.05) is 57.2 Å². The van der Waals surface area contributed by atoms with E-state index in [1.807, 2.05) is 12.1 Å². The van der Waals surface area contributed by atoms with Crippen molar-refractivity contribution < 1.29 is 18.7 Å². The van der Waals surface area contributed by atoms with Crippen molar-refractivity contribution in [2.24, 2.45) is 0 Å². The van der Waals surface area contributed by atoms with E-state index in [4.69, 9.17) is 4.74 Å². The third kappa shape index (κ3) is 5.73. The third-order valence-electron chi connectivity index (χ3n) is 6.32. The standard InChI is InChI=1S/C29H31FN2O3S/c1-29(2,3)22-11-7-21(8-12-22)28-32(27(34)20-9-15-24(35-4)16-10-20)25(18-36-28)26(33)31-17-19-5-13-23(30)14-6-19/h5-16,25,28H,17-18H2,1-4H3,(H,31,33). The predicted octanol–water partition coefficient (Wildman–Crippen LogP) is 5.70. The molecule has 0 bridgehead atoms. The molecule has 1 fully saturated rings. The molecule has 1 aliphatic rings. The highest BCUT2D eigenvalue weighted by atomic mass is 32.2. The zero-order valence-corrected chi connectivity index (χ0v) is 21.8. The summed E-state index contributed by atoms with van der Waals surface area (Å²) in [6.07, 6.45) is 0. The van der Waals surface area contributed by atoms with E-state index in [0.29, 0.717) is 17.1 Å². The number of nitrogens with zero attached hydrogens (tertiary/aromatic N) is 1. The van der Waals surface area contributed by atoms with Crippen LogP contribution < -0.4 is 10.1 Å². The van der Waals surface area contributed by atoms with Crippen molar-refractivity contribution in [3.05, 3.63) is 101 Å². The number of carbonyl (C=O) groups is 2. The second-order valence-electron chi connectivity index (χ2n) is 9.86. The van der Waals surface area contributed by atoms with Crippen molar-refractivity contribution in [1.82, 2.24) is 10.2 Å². The lowest BCUT2D eigenvalue weighted by atomic mass is 9.86. The smallest absolute Gasteiger partial charge is 0.255 e. The van der Waals surface area contributed by atoms with E-state index in [9.17, 15) is 14.0 Å². The Hall–Kier alpha value is -3.32. The third-order valence-corrected chi connectivity index (χ3v) is 7.64. The van der Waals surface area contributed by atoms with Crippen LogP contribution in [0, 0.1) is 5.82 Å². The average molecular weight is 507 g/mol. The van der Waals surface area contributed by atoms with Crippen LogP contribution in [0.4, 0.5) is 4.39 Å². The van der Waals surface area contributed by atoms with Gasteiger partial charge in [0, 0.05) is 17.9 Å². The highest BCUT2D eigenvalue weighted by Crippen LogP contribution is 2.43. The van der Waals surface area contributed by atoms with Crippen molar-refractivity contribution in [3.8, 4) is 5.75 Å². The zero-order chi connectivity index (χ0) is 25.9. The molecule has 1 saturated heterocycles. The number of carbonyl (C=O) groups excluding carboxylic acids is 2. The number of amides is 2. The number of nitrogens with one attached hydrogen (secondary N) is 1. The summed E-state index contributed by atoms with van der Waals surface area (Å²) in [4.78, 5) is 28.7. The van der Waals surface area contributed by atoms with Crippen LogP contribution in [0.25, 0.3) is 0 Å². The van der Waals surface area contributed by atoms with Crippen molar-refractivity contribution in [1.29, 1.82) is 0 Å². The van der Waals surface area contributed by atoms with Crippen molar-refractivity contribution in [3.63, 3.8) is 0 Å². The minimum absolute atomic E-state index is 0.0166. The molecule has 3 aromatic rings. The van der Waals surface area contributed by atoms with E-state index < -0.39 is 6.04 Å². The monoisotopic (exact) mass is 506 g/mol. The molecule has 0 saturated carbocycles. The Balaban J connectivity index is 1.60. The first-order valence-corrected chi connectivity index (χ1v) is 12.9. The Bertz CT molecular complexity index is 1210. The zero-order valence-electron chi connectivity index (χ0n) is 21.0. The number of rotatable bonds is 6. The van der Waals surface area contributed by atoms with Crippen LogP contribution in [0.2, 0.25) is 0 Å². The Morgan fingerprint density at radius 3 is 2.22 bits per heavy atom. The average Bonchev–Trinajstić information content (AvgIpc) is 3.32. The fraction of sp³-hybridized carbons (Fsp3) is 0.310. The maximum Gasteiger partial charge on any atom is 0.255 e. The van der Waals surface area contributed by atoms with Crippen LogP contribution in [0.1, 0.15) is 53.2 Å². The molecule has 36 heavy (non-hydrogen) atoms. The minimum atomic E-state index is -0.641. The summed E-state index contributed by atoms with van der Waals surface area (Å²) in [7, 11) is 1.58. The molecule has 1 aliphatic heterocycles. The first-order valence-electron chi connectivity index (χ1n) is 11.9. The Morgan fingerprint density at radius 2 is 1.64 bits per heavy atom. The maximum atomic E-state index is 13.7. The summed E-state index contributed by atoms with van der Waals surface area (Å²) >= 11 is 1.58. The summed E-state index contributed by atoms with van der Waals surface area (Å²) in [5.41, 5.74) is 3.48. The molecular weight excluding hydrogens is 475 g/mol. The number of hydrogen-bond acceptors (Lipinski definition) is 4. The minimum Gasteiger partial charge on any atom is -0.497 e. The number of halogens is 1. The van der Waals surface area contributed by atoms with Gasteiger partial charge in [0.05, 0.1) is 7.11 Å². The largest absolute Gasteiger partial charge is 0.497 e. The Labute approximate surface area is 216 Å². The summed E-state index contributed by atoms with van der Waals surface area (Å²) < 4.78 is 18.5. The molecule has 2 atom stereocenters. The topological polar surface area (TPSA) is 58.6 Å². The van der Waals surface area contributed by atoms with Gasteiger partial charge in [-0.05, 0) is 58.5 Å². The summed E-state index contributed by atoms with van der Waals surface area (Å²) in [5.74, 6) is 0.360. The van der Waals surface area contributed by atoms with Crippen molar-refractivity contribution >= 4 is 23.6 Å². The Kier molecular flexibility index (Phi) is 7.69. The second-order valence-corrected chi connectivity index (χ2v) is 11.0. The normalized spacial score (nSPS) is 17.6. The van der Waals surface area contributed by atoms with Gasteiger partial charge in [-0.2, -0.15) is 0 Å². The number of ether oxygens (including phenoxy) is 1. The van der Waals surface area contributed by atoms with Gasteiger partial charge in [0.2, 0.25) is 5.91 Å². The van der Waals surface area contributed by atoms with Gasteiger partial charge in [0.25, 0.3) is 5.91 Å². The number of methoxy groups -OCH3 is 1. The van der Waals surface area contributed by atoms with Crippen molar-refractivity contribution in [2.75, 3.05) is 12.9 Å². The second kappa shape index (κ2) is 10.7. The Morgan fingerprint density at radius 1 is 1.00 bits per heavy atom. The molecule has 4 rings (SSSR count). The first-order chi connectivity index (χ1) is 17.2. The molecule has 5 nitrogen and oxygen atoms in total. The summed E-state index contributed by atoms with van der Waals surface area (Å²) in [6.45, 7) is 6.74. The van der Waals surface area contributed by atoms with Gasteiger partial charge in [0.1, 0.15) is 23.0 Å². The molecule has 1 N–H and O–H groups in total. The molecule has 0 aromatic heterocycles. The molecule has 7 heteroatoms. The van der Waals surface area contributed by atoms with Crippen LogP contribution >= 0.6 is 11.8 Å². The van der Waals surface area contributed by atoms with Crippen LogP contribution in [0.3, 0.4) is 0 Å². The van der Waals surface area contributed by atoms with Gasteiger partial charge >= 0.3 is 0 Å². The number of thioether (sulfide) groups is 1.